The monoisotopic (exact) mass is 272 g/mol. The van der Waals surface area contributed by atoms with E-state index >= 15 is 0 Å². The molecule has 1 rings (SSSR count). The van der Waals surface area contributed by atoms with Gasteiger partial charge in [0, 0.05) is 19.6 Å². The predicted octanol–water partition coefficient (Wildman–Crippen LogP) is 0.398. The highest BCUT2D eigenvalue weighted by Gasteiger charge is 2.33. The first-order valence-corrected chi connectivity index (χ1v) is 6.33. The van der Waals surface area contributed by atoms with Crippen LogP contribution in [0.1, 0.15) is 19.8 Å². The number of carboxylic acids is 1. The van der Waals surface area contributed by atoms with Gasteiger partial charge in [-0.05, 0) is 12.8 Å². The minimum absolute atomic E-state index is 0.0998. The topological polar surface area (TPSA) is 87.2 Å². The second-order valence-electron chi connectivity index (χ2n) is 4.55. The Labute approximate surface area is 112 Å². The van der Waals surface area contributed by atoms with Crippen LogP contribution in [0.5, 0.6) is 0 Å². The number of carboxylic acid groups (broad SMARTS) is 1. The van der Waals surface area contributed by atoms with Gasteiger partial charge in [-0.2, -0.15) is 0 Å². The number of methoxy groups -OCH3 is 1. The van der Waals surface area contributed by atoms with E-state index in [-0.39, 0.29) is 19.1 Å². The van der Waals surface area contributed by atoms with Crippen molar-refractivity contribution in [3.8, 4) is 0 Å². The lowest BCUT2D eigenvalue weighted by atomic mass is 10.1. The van der Waals surface area contributed by atoms with Gasteiger partial charge in [0.25, 0.3) is 0 Å². The Morgan fingerprint density at radius 3 is 2.58 bits per heavy atom. The van der Waals surface area contributed by atoms with Gasteiger partial charge in [0.15, 0.2) is 0 Å². The maximum atomic E-state index is 12.2. The maximum absolute atomic E-state index is 12.2. The SMILES string of the molecule is CCCN(CC(=O)OC)C(=O)N1CCC(C(=O)O)C1. The van der Waals surface area contributed by atoms with Crippen LogP contribution in [0.3, 0.4) is 0 Å². The Kier molecular flexibility index (Phi) is 5.59. The lowest BCUT2D eigenvalue weighted by Crippen LogP contribution is -2.45. The number of ether oxygens (including phenoxy) is 1. The van der Waals surface area contributed by atoms with Crippen LogP contribution in [-0.2, 0) is 14.3 Å². The van der Waals surface area contributed by atoms with Crippen molar-refractivity contribution in [2.75, 3.05) is 33.3 Å². The molecule has 0 aromatic heterocycles. The summed E-state index contributed by atoms with van der Waals surface area (Å²) in [4.78, 5) is 37.2. The number of carbonyl (C=O) groups excluding carboxylic acids is 2. The molecule has 1 unspecified atom stereocenters. The lowest BCUT2D eigenvalue weighted by molar-refractivity contribution is -0.142. The molecule has 2 amide bonds. The molecule has 0 aromatic carbocycles. The Bertz CT molecular complexity index is 358. The van der Waals surface area contributed by atoms with Crippen molar-refractivity contribution in [2.45, 2.75) is 19.8 Å². The van der Waals surface area contributed by atoms with Crippen molar-refractivity contribution in [3.63, 3.8) is 0 Å². The fraction of sp³-hybridized carbons (Fsp3) is 0.750. The van der Waals surface area contributed by atoms with Crippen LogP contribution in [0.15, 0.2) is 0 Å². The van der Waals surface area contributed by atoms with Crippen molar-refractivity contribution < 1.29 is 24.2 Å². The molecular weight excluding hydrogens is 252 g/mol. The molecule has 1 heterocycles. The number of nitrogens with zero attached hydrogens (tertiary/aromatic N) is 2. The predicted molar refractivity (Wildman–Crippen MR) is 66.6 cm³/mol. The van der Waals surface area contributed by atoms with E-state index in [9.17, 15) is 14.4 Å². The van der Waals surface area contributed by atoms with Crippen molar-refractivity contribution in [1.29, 1.82) is 0 Å². The number of carbonyl (C=O) groups is 3. The fourth-order valence-electron chi connectivity index (χ4n) is 2.07. The molecule has 1 N–H and O–H groups in total. The molecule has 19 heavy (non-hydrogen) atoms. The molecule has 1 saturated heterocycles. The normalized spacial score (nSPS) is 18.2. The number of rotatable bonds is 5. The third-order valence-corrected chi connectivity index (χ3v) is 3.12. The van der Waals surface area contributed by atoms with Gasteiger partial charge >= 0.3 is 18.0 Å². The van der Waals surface area contributed by atoms with E-state index in [4.69, 9.17) is 5.11 Å². The molecule has 1 atom stereocenters. The number of likely N-dealkylation sites (tertiary alicyclic amines) is 1. The van der Waals surface area contributed by atoms with Crippen molar-refractivity contribution >= 4 is 18.0 Å². The molecule has 1 aliphatic heterocycles. The number of hydrogen-bond acceptors (Lipinski definition) is 4. The summed E-state index contributed by atoms with van der Waals surface area (Å²) < 4.78 is 4.55. The second kappa shape index (κ2) is 6.96. The fourth-order valence-corrected chi connectivity index (χ4v) is 2.07. The molecule has 7 heteroatoms. The zero-order chi connectivity index (χ0) is 14.4. The molecule has 7 nitrogen and oxygen atoms in total. The minimum atomic E-state index is -0.884. The van der Waals surface area contributed by atoms with Gasteiger partial charge in [-0.25, -0.2) is 4.79 Å². The molecule has 0 spiro atoms. The average Bonchev–Trinajstić information content (AvgIpc) is 2.86. The Morgan fingerprint density at radius 1 is 1.42 bits per heavy atom. The van der Waals surface area contributed by atoms with Crippen LogP contribution in [0.25, 0.3) is 0 Å². The average molecular weight is 272 g/mol. The summed E-state index contributed by atoms with van der Waals surface area (Å²) in [7, 11) is 1.27. The van der Waals surface area contributed by atoms with Crippen LogP contribution in [0.4, 0.5) is 4.79 Å². The van der Waals surface area contributed by atoms with E-state index in [2.05, 4.69) is 4.74 Å². The van der Waals surface area contributed by atoms with Gasteiger partial charge in [-0.15, -0.1) is 0 Å². The zero-order valence-corrected chi connectivity index (χ0v) is 11.3. The summed E-state index contributed by atoms with van der Waals surface area (Å²) in [5, 5.41) is 8.91. The number of hydrogen-bond donors (Lipinski definition) is 1. The first-order chi connectivity index (χ1) is 8.99. The van der Waals surface area contributed by atoms with Gasteiger partial charge in [0.1, 0.15) is 6.54 Å². The van der Waals surface area contributed by atoms with Crippen LogP contribution in [0, 0.1) is 5.92 Å². The van der Waals surface area contributed by atoms with Gasteiger partial charge < -0.3 is 19.6 Å². The maximum Gasteiger partial charge on any atom is 0.325 e. The van der Waals surface area contributed by atoms with E-state index in [0.29, 0.717) is 19.5 Å². The lowest BCUT2D eigenvalue weighted by Gasteiger charge is -2.26. The van der Waals surface area contributed by atoms with E-state index in [1.807, 2.05) is 6.92 Å². The van der Waals surface area contributed by atoms with E-state index in [1.165, 1.54) is 16.9 Å². The summed E-state index contributed by atoms with van der Waals surface area (Å²) in [5.41, 5.74) is 0. The Hall–Kier alpha value is -1.79. The molecule has 0 aliphatic carbocycles. The molecule has 1 aliphatic rings. The standard InChI is InChI=1S/C12H20N2O5/c1-3-5-13(8-10(15)19-2)12(18)14-6-4-9(7-14)11(16)17/h9H,3-8H2,1-2H3,(H,16,17). The smallest absolute Gasteiger partial charge is 0.325 e. The third-order valence-electron chi connectivity index (χ3n) is 3.12. The van der Waals surface area contributed by atoms with Gasteiger partial charge in [-0.3, -0.25) is 9.59 Å². The summed E-state index contributed by atoms with van der Waals surface area (Å²) in [6, 6.07) is -0.295. The van der Waals surface area contributed by atoms with E-state index in [1.54, 1.807) is 0 Å². The first-order valence-electron chi connectivity index (χ1n) is 6.33. The van der Waals surface area contributed by atoms with Crippen LogP contribution in [-0.4, -0.2) is 66.2 Å². The highest BCUT2D eigenvalue weighted by Crippen LogP contribution is 2.18. The van der Waals surface area contributed by atoms with E-state index < -0.39 is 17.9 Å². The van der Waals surface area contributed by atoms with Crippen molar-refractivity contribution in [3.05, 3.63) is 0 Å². The van der Waals surface area contributed by atoms with E-state index in [0.717, 1.165) is 6.42 Å². The molecular formula is C12H20N2O5. The molecule has 108 valence electrons. The van der Waals surface area contributed by atoms with Crippen LogP contribution in [0.2, 0.25) is 0 Å². The van der Waals surface area contributed by atoms with Crippen LogP contribution >= 0.6 is 0 Å². The largest absolute Gasteiger partial charge is 0.481 e. The third kappa shape index (κ3) is 4.11. The van der Waals surface area contributed by atoms with Gasteiger partial charge in [0.2, 0.25) is 0 Å². The highest BCUT2D eigenvalue weighted by molar-refractivity contribution is 5.82. The molecule has 0 aromatic rings. The van der Waals surface area contributed by atoms with Crippen LogP contribution < -0.4 is 0 Å². The molecule has 1 fully saturated rings. The summed E-state index contributed by atoms with van der Waals surface area (Å²) >= 11 is 0. The number of esters is 1. The number of urea groups is 1. The molecule has 0 radical (unpaired) electrons. The van der Waals surface area contributed by atoms with Crippen molar-refractivity contribution in [2.24, 2.45) is 5.92 Å². The number of amides is 2. The highest BCUT2D eigenvalue weighted by atomic mass is 16.5. The summed E-state index contributed by atoms with van der Waals surface area (Å²) in [6.07, 6.45) is 1.18. The molecule has 0 bridgehead atoms. The van der Waals surface area contributed by atoms with Gasteiger partial charge in [-0.1, -0.05) is 6.92 Å². The van der Waals surface area contributed by atoms with Gasteiger partial charge in [0.05, 0.1) is 13.0 Å². The number of aliphatic carboxylic acids is 1. The van der Waals surface area contributed by atoms with Crippen molar-refractivity contribution in [1.82, 2.24) is 9.80 Å². The second-order valence-corrected chi connectivity index (χ2v) is 4.55. The molecule has 0 saturated carbocycles. The minimum Gasteiger partial charge on any atom is -0.481 e. The summed E-state index contributed by atoms with van der Waals surface area (Å²) in [6.45, 7) is 2.87. The Balaban J connectivity index is 2.61. The zero-order valence-electron chi connectivity index (χ0n) is 11.3. The quantitative estimate of drug-likeness (QED) is 0.732. The Morgan fingerprint density at radius 2 is 2.11 bits per heavy atom. The summed E-state index contributed by atoms with van der Waals surface area (Å²) in [5.74, 6) is -1.87. The first kappa shape index (κ1) is 15.3.